The lowest BCUT2D eigenvalue weighted by atomic mass is 10.1. The summed E-state index contributed by atoms with van der Waals surface area (Å²) in [5, 5.41) is 17.4. The zero-order valence-electron chi connectivity index (χ0n) is 10.5. The highest BCUT2D eigenvalue weighted by molar-refractivity contribution is 5.37. The second kappa shape index (κ2) is 7.83. The molecule has 1 aromatic carbocycles. The first kappa shape index (κ1) is 14.7. The van der Waals surface area contributed by atoms with Crippen LogP contribution in [-0.2, 0) is 6.54 Å². The molecule has 0 fully saturated rings. The van der Waals surface area contributed by atoms with Crippen LogP contribution in [0.25, 0.3) is 0 Å². The molecular weight excluding hydrogens is 233 g/mol. The van der Waals surface area contributed by atoms with Gasteiger partial charge in [-0.2, -0.15) is 0 Å². The number of benzene rings is 1. The topological polar surface area (TPSA) is 43.7 Å². The number of rotatable bonds is 5. The van der Waals surface area contributed by atoms with Gasteiger partial charge >= 0.3 is 0 Å². The molecule has 1 aromatic rings. The number of aliphatic hydroxyl groups is 2. The molecule has 0 aliphatic carbocycles. The summed E-state index contributed by atoms with van der Waals surface area (Å²) >= 11 is 0. The van der Waals surface area contributed by atoms with Crippen LogP contribution in [0.2, 0.25) is 0 Å². The Morgan fingerprint density at radius 1 is 1.28 bits per heavy atom. The van der Waals surface area contributed by atoms with Crippen molar-refractivity contribution < 1.29 is 14.6 Å². The van der Waals surface area contributed by atoms with E-state index in [1.807, 2.05) is 11.9 Å². The van der Waals surface area contributed by atoms with Crippen LogP contribution in [0, 0.1) is 17.7 Å². The zero-order valence-corrected chi connectivity index (χ0v) is 10.5. The Morgan fingerprint density at radius 3 is 2.67 bits per heavy atom. The lowest BCUT2D eigenvalue weighted by Crippen LogP contribution is -2.22. The summed E-state index contributed by atoms with van der Waals surface area (Å²) in [7, 11) is 1.82. The molecule has 2 N–H and O–H groups in total. The van der Waals surface area contributed by atoms with Crippen LogP contribution < -0.4 is 0 Å². The van der Waals surface area contributed by atoms with Crippen LogP contribution >= 0.6 is 0 Å². The van der Waals surface area contributed by atoms with E-state index in [0.29, 0.717) is 30.6 Å². The maximum atomic E-state index is 13.8. The number of aliphatic hydroxyl groups excluding tert-OH is 2. The largest absolute Gasteiger partial charge is 0.395 e. The van der Waals surface area contributed by atoms with Crippen molar-refractivity contribution in [1.82, 2.24) is 4.90 Å². The number of hydrogen-bond donors (Lipinski definition) is 2. The van der Waals surface area contributed by atoms with E-state index in [0.717, 1.165) is 0 Å². The first-order valence-corrected chi connectivity index (χ1v) is 5.85. The van der Waals surface area contributed by atoms with Gasteiger partial charge in [0.05, 0.1) is 13.2 Å². The van der Waals surface area contributed by atoms with Gasteiger partial charge in [0.25, 0.3) is 0 Å². The fourth-order valence-corrected chi connectivity index (χ4v) is 1.51. The summed E-state index contributed by atoms with van der Waals surface area (Å²) in [4.78, 5) is 1.84. The van der Waals surface area contributed by atoms with E-state index in [4.69, 9.17) is 10.2 Å². The minimum absolute atomic E-state index is 0.0134. The van der Waals surface area contributed by atoms with Gasteiger partial charge in [0.1, 0.15) is 5.82 Å². The summed E-state index contributed by atoms with van der Waals surface area (Å²) in [5.74, 6) is 5.24. The molecular formula is C14H18FNO2. The Labute approximate surface area is 107 Å². The van der Waals surface area contributed by atoms with Crippen molar-refractivity contribution in [2.75, 3.05) is 26.8 Å². The molecule has 0 saturated carbocycles. The molecule has 4 heteroatoms. The third-order valence-electron chi connectivity index (χ3n) is 2.44. The summed E-state index contributed by atoms with van der Waals surface area (Å²) < 4.78 is 13.8. The van der Waals surface area contributed by atoms with Crippen LogP contribution in [-0.4, -0.2) is 41.9 Å². The monoisotopic (exact) mass is 251 g/mol. The first-order chi connectivity index (χ1) is 8.67. The fraction of sp³-hybridized carbons (Fsp3) is 0.429. The molecule has 0 amide bonds. The molecule has 0 aromatic heterocycles. The molecule has 0 heterocycles. The highest BCUT2D eigenvalue weighted by atomic mass is 19.1. The molecule has 0 aliphatic heterocycles. The van der Waals surface area contributed by atoms with Gasteiger partial charge < -0.3 is 10.2 Å². The molecule has 0 spiro atoms. The second-order valence-electron chi connectivity index (χ2n) is 4.04. The lowest BCUT2D eigenvalue weighted by molar-refractivity contribution is 0.216. The summed E-state index contributed by atoms with van der Waals surface area (Å²) in [6, 6.07) is 4.86. The fourth-order valence-electron chi connectivity index (χ4n) is 1.51. The maximum Gasteiger partial charge on any atom is 0.128 e. The average Bonchev–Trinajstić information content (AvgIpc) is 2.33. The molecule has 1 rings (SSSR count). The third kappa shape index (κ3) is 4.84. The summed E-state index contributed by atoms with van der Waals surface area (Å²) in [6.07, 6.45) is 0.391. The Morgan fingerprint density at radius 2 is 2.06 bits per heavy atom. The highest BCUT2D eigenvalue weighted by Gasteiger charge is 2.05. The maximum absolute atomic E-state index is 13.8. The van der Waals surface area contributed by atoms with Crippen LogP contribution in [0.4, 0.5) is 4.39 Å². The predicted octanol–water partition coefficient (Wildman–Crippen LogP) is 0.984. The predicted molar refractivity (Wildman–Crippen MR) is 68.4 cm³/mol. The van der Waals surface area contributed by atoms with Gasteiger partial charge in [-0.15, -0.1) is 0 Å². The SMILES string of the molecule is CN(CCO)Cc1ccc(C#CCCO)cc1F. The molecule has 3 nitrogen and oxygen atoms in total. The molecule has 0 radical (unpaired) electrons. The molecule has 0 atom stereocenters. The molecule has 0 saturated heterocycles. The van der Waals surface area contributed by atoms with E-state index in [-0.39, 0.29) is 19.0 Å². The standard InChI is InChI=1S/C14H18FNO2/c1-16(7-9-18)11-13-6-5-12(10-14(13)15)4-2-3-8-17/h5-6,10,17-18H,3,7-9,11H2,1H3. The number of hydrogen-bond acceptors (Lipinski definition) is 3. The van der Waals surface area contributed by atoms with Crippen molar-refractivity contribution in [3.05, 3.63) is 35.1 Å². The second-order valence-corrected chi connectivity index (χ2v) is 4.04. The highest BCUT2D eigenvalue weighted by Crippen LogP contribution is 2.11. The van der Waals surface area contributed by atoms with Crippen LogP contribution in [0.1, 0.15) is 17.5 Å². The van der Waals surface area contributed by atoms with E-state index in [9.17, 15) is 4.39 Å². The Hall–Kier alpha value is -1.41. The zero-order chi connectivity index (χ0) is 13.4. The third-order valence-corrected chi connectivity index (χ3v) is 2.44. The Bertz CT molecular complexity index is 437. The van der Waals surface area contributed by atoms with Gasteiger partial charge in [-0.3, -0.25) is 4.90 Å². The van der Waals surface area contributed by atoms with Crippen molar-refractivity contribution in [2.24, 2.45) is 0 Å². The van der Waals surface area contributed by atoms with Crippen molar-refractivity contribution in [3.63, 3.8) is 0 Å². The van der Waals surface area contributed by atoms with Crippen LogP contribution in [0.3, 0.4) is 0 Å². The average molecular weight is 251 g/mol. The summed E-state index contributed by atoms with van der Waals surface area (Å²) in [5.41, 5.74) is 1.19. The first-order valence-electron chi connectivity index (χ1n) is 5.85. The van der Waals surface area contributed by atoms with Crippen molar-refractivity contribution in [3.8, 4) is 11.8 Å². The van der Waals surface area contributed by atoms with Crippen LogP contribution in [0.5, 0.6) is 0 Å². The van der Waals surface area contributed by atoms with Gasteiger partial charge in [-0.25, -0.2) is 4.39 Å². The lowest BCUT2D eigenvalue weighted by Gasteiger charge is -2.15. The number of nitrogens with zero attached hydrogens (tertiary/aromatic N) is 1. The molecule has 98 valence electrons. The van der Waals surface area contributed by atoms with Gasteiger partial charge in [0.2, 0.25) is 0 Å². The quantitative estimate of drug-likeness (QED) is 0.767. The Kier molecular flexibility index (Phi) is 6.37. The van der Waals surface area contributed by atoms with E-state index in [1.165, 1.54) is 6.07 Å². The van der Waals surface area contributed by atoms with Crippen molar-refractivity contribution in [2.45, 2.75) is 13.0 Å². The molecule has 0 unspecified atom stereocenters. The van der Waals surface area contributed by atoms with Crippen molar-refractivity contribution >= 4 is 0 Å². The normalized spacial score (nSPS) is 10.3. The molecule has 18 heavy (non-hydrogen) atoms. The minimum atomic E-state index is -0.296. The number of likely N-dealkylation sites (N-methyl/N-ethyl adjacent to an activating group) is 1. The van der Waals surface area contributed by atoms with E-state index in [2.05, 4.69) is 11.8 Å². The Balaban J connectivity index is 2.71. The van der Waals surface area contributed by atoms with Crippen molar-refractivity contribution in [1.29, 1.82) is 0 Å². The molecule has 0 bridgehead atoms. The van der Waals surface area contributed by atoms with Crippen LogP contribution in [0.15, 0.2) is 18.2 Å². The smallest absolute Gasteiger partial charge is 0.128 e. The summed E-state index contributed by atoms with van der Waals surface area (Å²) in [6.45, 7) is 1.04. The van der Waals surface area contributed by atoms with Gasteiger partial charge in [-0.1, -0.05) is 17.9 Å². The van der Waals surface area contributed by atoms with E-state index < -0.39 is 0 Å². The van der Waals surface area contributed by atoms with Gasteiger partial charge in [-0.05, 0) is 19.2 Å². The van der Waals surface area contributed by atoms with E-state index >= 15 is 0 Å². The van der Waals surface area contributed by atoms with E-state index in [1.54, 1.807) is 12.1 Å². The number of halogens is 1. The minimum Gasteiger partial charge on any atom is -0.395 e. The molecule has 0 aliphatic rings. The van der Waals surface area contributed by atoms with Gasteiger partial charge in [0, 0.05) is 30.6 Å². The van der Waals surface area contributed by atoms with Gasteiger partial charge in [0.15, 0.2) is 0 Å².